The number of hydrogen-bond acceptors (Lipinski definition) is 7. The van der Waals surface area contributed by atoms with Gasteiger partial charge in [-0.3, -0.25) is 19.4 Å². The van der Waals surface area contributed by atoms with Crippen LogP contribution in [-0.4, -0.2) is 89.1 Å². The van der Waals surface area contributed by atoms with Gasteiger partial charge in [0.05, 0.1) is 13.2 Å². The van der Waals surface area contributed by atoms with Gasteiger partial charge in [-0.1, -0.05) is 0 Å². The molecule has 1 rings (SSSR count). The molecule has 0 spiro atoms. The Morgan fingerprint density at radius 2 is 1.93 bits per heavy atom. The highest BCUT2D eigenvalue weighted by Gasteiger charge is 2.35. The van der Waals surface area contributed by atoms with Crippen LogP contribution >= 0.6 is 0 Å². The van der Waals surface area contributed by atoms with Crippen LogP contribution < -0.4 is 27.8 Å². The summed E-state index contributed by atoms with van der Waals surface area (Å²) in [4.78, 5) is 52.9. The number of rotatable bonds is 11. The minimum absolute atomic E-state index is 0.104. The number of aliphatic carboxylic acids is 1. The number of nitrogens with one attached hydrogen (secondary N) is 2. The Hall–Kier alpha value is -2.93. The molecule has 1 aliphatic heterocycles. The Labute approximate surface area is 167 Å². The van der Waals surface area contributed by atoms with Gasteiger partial charge in [-0.25, -0.2) is 4.79 Å². The molecule has 3 atom stereocenters. The van der Waals surface area contributed by atoms with E-state index < -0.39 is 48.4 Å². The van der Waals surface area contributed by atoms with Crippen molar-refractivity contribution in [2.45, 2.75) is 43.8 Å². The zero-order valence-corrected chi connectivity index (χ0v) is 16.0. The number of carbonyl (C=O) groups excluding carboxylic acids is 3. The molecule has 0 bridgehead atoms. The number of nitrogens with zero attached hydrogens (tertiary/aromatic N) is 2. The number of nitrogens with two attached hydrogens (primary N) is 3. The third-order valence-electron chi connectivity index (χ3n) is 4.38. The van der Waals surface area contributed by atoms with Crippen molar-refractivity contribution in [3.63, 3.8) is 0 Å². The van der Waals surface area contributed by atoms with Gasteiger partial charge in [0.2, 0.25) is 17.7 Å². The normalized spacial score (nSPS) is 17.9. The summed E-state index contributed by atoms with van der Waals surface area (Å²) in [7, 11) is 0. The van der Waals surface area contributed by atoms with Crippen LogP contribution in [0.3, 0.4) is 0 Å². The van der Waals surface area contributed by atoms with Crippen molar-refractivity contribution in [2.75, 3.05) is 26.2 Å². The molecule has 13 nitrogen and oxygen atoms in total. The quantitative estimate of drug-likeness (QED) is 0.0990. The van der Waals surface area contributed by atoms with Gasteiger partial charge >= 0.3 is 5.97 Å². The number of guanidine groups is 1. The number of carboxylic acids is 1. The first-order valence-corrected chi connectivity index (χ1v) is 9.19. The molecule has 3 unspecified atom stereocenters. The Bertz CT molecular complexity index is 637. The van der Waals surface area contributed by atoms with Crippen LogP contribution in [0.1, 0.15) is 25.7 Å². The maximum absolute atomic E-state index is 12.5. The van der Waals surface area contributed by atoms with Crippen LogP contribution in [0.15, 0.2) is 4.99 Å². The van der Waals surface area contributed by atoms with E-state index in [4.69, 9.17) is 22.3 Å². The fourth-order valence-electron chi connectivity index (χ4n) is 2.84. The van der Waals surface area contributed by atoms with Gasteiger partial charge in [-0.15, -0.1) is 0 Å². The second-order valence-electron chi connectivity index (χ2n) is 6.60. The van der Waals surface area contributed by atoms with Crippen LogP contribution in [0.25, 0.3) is 0 Å². The molecule has 0 aliphatic carbocycles. The van der Waals surface area contributed by atoms with E-state index in [-0.39, 0.29) is 25.5 Å². The monoisotopic (exact) mass is 415 g/mol. The Morgan fingerprint density at radius 1 is 1.24 bits per heavy atom. The summed E-state index contributed by atoms with van der Waals surface area (Å²) in [5, 5.41) is 22.9. The standard InChI is InChI=1S/C16H29N7O6/c17-9(8-24)13(26)21-7-12(25)23-6-2-4-11(23)14(27)22-10(15(28)29)3-1-5-20-16(18)19/h9-11,24H,1-8,17H2,(H,21,26)(H,22,27)(H,28,29)(H4,18,19,20). The summed E-state index contributed by atoms with van der Waals surface area (Å²) in [6, 6.07) is -3.11. The van der Waals surface area contributed by atoms with Gasteiger partial charge in [0.1, 0.15) is 18.1 Å². The number of amides is 3. The van der Waals surface area contributed by atoms with Crippen LogP contribution in [0.4, 0.5) is 0 Å². The van der Waals surface area contributed by atoms with Crippen molar-refractivity contribution in [1.82, 2.24) is 15.5 Å². The lowest BCUT2D eigenvalue weighted by Gasteiger charge is -2.25. The Morgan fingerprint density at radius 3 is 2.52 bits per heavy atom. The Kier molecular flexibility index (Phi) is 9.82. The zero-order valence-electron chi connectivity index (χ0n) is 16.0. The van der Waals surface area contributed by atoms with Gasteiger partial charge in [0, 0.05) is 13.1 Å². The van der Waals surface area contributed by atoms with E-state index in [1.807, 2.05) is 0 Å². The third-order valence-corrected chi connectivity index (χ3v) is 4.38. The van der Waals surface area contributed by atoms with Crippen molar-refractivity contribution in [3.05, 3.63) is 0 Å². The molecule has 1 aliphatic rings. The van der Waals surface area contributed by atoms with E-state index in [1.54, 1.807) is 0 Å². The number of carbonyl (C=O) groups is 4. The molecule has 0 aromatic heterocycles. The van der Waals surface area contributed by atoms with Gasteiger partial charge in [-0.2, -0.15) is 0 Å². The molecule has 0 radical (unpaired) electrons. The second kappa shape index (κ2) is 11.8. The van der Waals surface area contributed by atoms with E-state index in [1.165, 1.54) is 4.90 Å². The van der Waals surface area contributed by atoms with Crippen molar-refractivity contribution >= 4 is 29.7 Å². The minimum atomic E-state index is -1.20. The van der Waals surface area contributed by atoms with E-state index in [0.717, 1.165) is 0 Å². The molecule has 10 N–H and O–H groups in total. The van der Waals surface area contributed by atoms with Crippen LogP contribution in [-0.2, 0) is 19.2 Å². The maximum Gasteiger partial charge on any atom is 0.326 e. The summed E-state index contributed by atoms with van der Waals surface area (Å²) in [5.41, 5.74) is 15.8. The van der Waals surface area contributed by atoms with E-state index in [9.17, 15) is 24.3 Å². The number of aliphatic hydroxyl groups is 1. The first kappa shape index (κ1) is 24.1. The molecule has 0 aromatic rings. The van der Waals surface area contributed by atoms with Crippen molar-refractivity contribution in [2.24, 2.45) is 22.2 Å². The smallest absolute Gasteiger partial charge is 0.326 e. The average Bonchev–Trinajstić information content (AvgIpc) is 3.16. The molecule has 1 saturated heterocycles. The SMILES string of the molecule is NC(N)=NCCCC(NC(=O)C1CCCN1C(=O)CNC(=O)C(N)CO)C(=O)O. The molecule has 29 heavy (non-hydrogen) atoms. The molecular formula is C16H29N7O6. The fourth-order valence-corrected chi connectivity index (χ4v) is 2.84. The summed E-state index contributed by atoms with van der Waals surface area (Å²) in [6.45, 7) is -0.404. The van der Waals surface area contributed by atoms with E-state index in [2.05, 4.69) is 15.6 Å². The van der Waals surface area contributed by atoms with Gasteiger partial charge in [0.15, 0.2) is 5.96 Å². The molecule has 1 fully saturated rings. The lowest BCUT2D eigenvalue weighted by atomic mass is 10.1. The Balaban J connectivity index is 2.61. The first-order valence-electron chi connectivity index (χ1n) is 9.19. The number of aliphatic imine (C=N–C) groups is 1. The molecule has 0 saturated carbocycles. The van der Waals surface area contributed by atoms with Gasteiger partial charge in [-0.05, 0) is 25.7 Å². The van der Waals surface area contributed by atoms with Crippen LogP contribution in [0.5, 0.6) is 0 Å². The predicted octanol–water partition coefficient (Wildman–Crippen LogP) is -3.96. The molecule has 13 heteroatoms. The van der Waals surface area contributed by atoms with Crippen LogP contribution in [0, 0.1) is 0 Å². The molecular weight excluding hydrogens is 386 g/mol. The van der Waals surface area contributed by atoms with Crippen LogP contribution in [0.2, 0.25) is 0 Å². The molecule has 3 amide bonds. The number of hydrogen-bond donors (Lipinski definition) is 7. The maximum atomic E-state index is 12.5. The fraction of sp³-hybridized carbons (Fsp3) is 0.688. The topological polar surface area (TPSA) is 226 Å². The van der Waals surface area contributed by atoms with E-state index >= 15 is 0 Å². The first-order chi connectivity index (χ1) is 13.7. The molecule has 1 heterocycles. The lowest BCUT2D eigenvalue weighted by Crippen LogP contribution is -2.53. The minimum Gasteiger partial charge on any atom is -0.480 e. The summed E-state index contributed by atoms with van der Waals surface area (Å²) < 4.78 is 0. The molecule has 164 valence electrons. The van der Waals surface area contributed by atoms with Gasteiger partial charge < -0.3 is 42.9 Å². The highest BCUT2D eigenvalue weighted by Crippen LogP contribution is 2.18. The lowest BCUT2D eigenvalue weighted by molar-refractivity contribution is -0.144. The number of aliphatic hydroxyl groups excluding tert-OH is 1. The summed E-state index contributed by atoms with van der Waals surface area (Å²) >= 11 is 0. The summed E-state index contributed by atoms with van der Waals surface area (Å²) in [6.07, 6.45) is 1.41. The summed E-state index contributed by atoms with van der Waals surface area (Å²) in [5.74, 6) is -3.07. The zero-order chi connectivity index (χ0) is 22.0. The number of likely N-dealkylation sites (tertiary alicyclic amines) is 1. The number of carboxylic acid groups (broad SMARTS) is 1. The highest BCUT2D eigenvalue weighted by molar-refractivity contribution is 5.93. The van der Waals surface area contributed by atoms with Crippen molar-refractivity contribution in [3.8, 4) is 0 Å². The van der Waals surface area contributed by atoms with Crippen molar-refractivity contribution in [1.29, 1.82) is 0 Å². The average molecular weight is 415 g/mol. The molecule has 0 aromatic carbocycles. The van der Waals surface area contributed by atoms with E-state index in [0.29, 0.717) is 25.8 Å². The van der Waals surface area contributed by atoms with Gasteiger partial charge in [0.25, 0.3) is 0 Å². The highest BCUT2D eigenvalue weighted by atomic mass is 16.4. The second-order valence-corrected chi connectivity index (χ2v) is 6.60. The third kappa shape index (κ3) is 7.91. The predicted molar refractivity (Wildman–Crippen MR) is 102 cm³/mol. The van der Waals surface area contributed by atoms with Crippen molar-refractivity contribution < 1.29 is 29.4 Å². The largest absolute Gasteiger partial charge is 0.480 e.